The van der Waals surface area contributed by atoms with E-state index in [9.17, 15) is 18.3 Å². The highest BCUT2D eigenvalue weighted by Gasteiger charge is 2.60. The molecule has 1 saturated heterocycles. The average Bonchev–Trinajstić information content (AvgIpc) is 3.46. The highest BCUT2D eigenvalue weighted by molar-refractivity contribution is 5.86. The lowest BCUT2D eigenvalue weighted by atomic mass is 10.0. The first kappa shape index (κ1) is 26.6. The van der Waals surface area contributed by atoms with Crippen molar-refractivity contribution in [2.75, 3.05) is 37.5 Å². The molecule has 1 aliphatic carbocycles. The fourth-order valence-electron chi connectivity index (χ4n) is 5.22. The van der Waals surface area contributed by atoms with E-state index in [4.69, 9.17) is 18.6 Å². The number of pyridine rings is 1. The maximum absolute atomic E-state index is 13.2. The summed E-state index contributed by atoms with van der Waals surface area (Å²) in [6.07, 6.45) is -2.78. The Morgan fingerprint density at radius 3 is 2.74 bits per heavy atom. The SMILES string of the molecule is COCCNc1nc(C)c(-c2cc3cc(C(F)(F)F)ncc3o2)c(NC23CCC(CO)C2OC(C)(C)O3)n1. The molecular weight excluding hydrogens is 507 g/mol. The van der Waals surface area contributed by atoms with Crippen molar-refractivity contribution in [1.29, 1.82) is 0 Å². The number of halogens is 3. The van der Waals surface area contributed by atoms with E-state index >= 15 is 0 Å². The maximum atomic E-state index is 13.2. The van der Waals surface area contributed by atoms with Gasteiger partial charge in [-0.2, -0.15) is 18.2 Å². The van der Waals surface area contributed by atoms with E-state index in [0.717, 1.165) is 12.3 Å². The van der Waals surface area contributed by atoms with Crippen LogP contribution in [0.4, 0.5) is 24.9 Å². The first-order chi connectivity index (χ1) is 17.9. The lowest BCUT2D eigenvalue weighted by Crippen LogP contribution is -2.46. The highest BCUT2D eigenvalue weighted by Crippen LogP contribution is 2.50. The van der Waals surface area contributed by atoms with E-state index in [1.807, 2.05) is 0 Å². The van der Waals surface area contributed by atoms with Crippen LogP contribution < -0.4 is 10.6 Å². The molecule has 3 aromatic rings. The summed E-state index contributed by atoms with van der Waals surface area (Å²) in [5.74, 6) is -0.108. The van der Waals surface area contributed by atoms with Crippen LogP contribution in [-0.4, -0.2) is 64.5 Å². The lowest BCUT2D eigenvalue weighted by molar-refractivity contribution is -0.168. The minimum absolute atomic E-state index is 0.0644. The second kappa shape index (κ2) is 9.63. The normalized spacial score (nSPS) is 24.6. The van der Waals surface area contributed by atoms with Gasteiger partial charge in [-0.15, -0.1) is 0 Å². The van der Waals surface area contributed by atoms with Crippen LogP contribution >= 0.6 is 0 Å². The summed E-state index contributed by atoms with van der Waals surface area (Å²) in [5, 5.41) is 16.7. The maximum Gasteiger partial charge on any atom is 0.433 e. The van der Waals surface area contributed by atoms with Crippen LogP contribution in [0.2, 0.25) is 0 Å². The van der Waals surface area contributed by atoms with Crippen molar-refractivity contribution in [3.8, 4) is 11.3 Å². The molecule has 5 rings (SSSR count). The minimum Gasteiger partial charge on any atom is -0.454 e. The number of fused-ring (bicyclic) bond motifs is 2. The molecule has 10 nitrogen and oxygen atoms in total. The number of methoxy groups -OCH3 is 1. The van der Waals surface area contributed by atoms with Crippen LogP contribution in [0.3, 0.4) is 0 Å². The number of alkyl halides is 3. The molecule has 0 bridgehead atoms. The van der Waals surface area contributed by atoms with Crippen molar-refractivity contribution in [2.24, 2.45) is 5.92 Å². The average molecular weight is 538 g/mol. The van der Waals surface area contributed by atoms with Gasteiger partial charge in [0, 0.05) is 31.6 Å². The molecule has 2 aliphatic rings. The van der Waals surface area contributed by atoms with E-state index in [2.05, 4.69) is 25.6 Å². The van der Waals surface area contributed by atoms with Crippen molar-refractivity contribution in [3.63, 3.8) is 0 Å². The molecule has 2 fully saturated rings. The van der Waals surface area contributed by atoms with Gasteiger partial charge < -0.3 is 34.4 Å². The van der Waals surface area contributed by atoms with Gasteiger partial charge in [0.2, 0.25) is 5.95 Å². The monoisotopic (exact) mass is 537 g/mol. The van der Waals surface area contributed by atoms with Crippen molar-refractivity contribution in [2.45, 2.75) is 57.4 Å². The molecule has 3 unspecified atom stereocenters. The van der Waals surface area contributed by atoms with Crippen LogP contribution in [0, 0.1) is 12.8 Å². The first-order valence-electron chi connectivity index (χ1n) is 12.3. The van der Waals surface area contributed by atoms with E-state index in [1.165, 1.54) is 6.07 Å². The zero-order valence-corrected chi connectivity index (χ0v) is 21.5. The Hall–Kier alpha value is -3.00. The van der Waals surface area contributed by atoms with E-state index in [0.29, 0.717) is 49.0 Å². The van der Waals surface area contributed by atoms with Crippen molar-refractivity contribution < 1.29 is 36.9 Å². The third kappa shape index (κ3) is 4.91. The van der Waals surface area contributed by atoms with Gasteiger partial charge in [0.15, 0.2) is 17.1 Å². The summed E-state index contributed by atoms with van der Waals surface area (Å²) in [7, 11) is 1.58. The van der Waals surface area contributed by atoms with Gasteiger partial charge in [-0.05, 0) is 45.7 Å². The van der Waals surface area contributed by atoms with Crippen molar-refractivity contribution in [3.05, 3.63) is 29.7 Å². The highest BCUT2D eigenvalue weighted by atomic mass is 19.4. The quantitative estimate of drug-likeness (QED) is 0.358. The number of anilines is 2. The number of nitrogens with zero attached hydrogens (tertiary/aromatic N) is 3. The number of aromatic nitrogens is 3. The largest absolute Gasteiger partial charge is 0.454 e. The number of aliphatic hydroxyl groups is 1. The number of aliphatic hydroxyl groups excluding tert-OH is 1. The van der Waals surface area contributed by atoms with Crippen LogP contribution in [-0.2, 0) is 20.4 Å². The molecule has 1 saturated carbocycles. The Morgan fingerprint density at radius 2 is 2.03 bits per heavy atom. The topological polar surface area (TPSA) is 124 Å². The Kier molecular flexibility index (Phi) is 6.74. The molecule has 38 heavy (non-hydrogen) atoms. The number of aryl methyl sites for hydroxylation is 1. The van der Waals surface area contributed by atoms with Crippen LogP contribution in [0.15, 0.2) is 22.7 Å². The molecule has 0 spiro atoms. The molecule has 3 aromatic heterocycles. The second-order valence-electron chi connectivity index (χ2n) is 10.0. The Bertz CT molecular complexity index is 1330. The number of furan rings is 1. The second-order valence-corrected chi connectivity index (χ2v) is 10.0. The molecule has 13 heteroatoms. The zero-order chi connectivity index (χ0) is 27.3. The van der Waals surface area contributed by atoms with Gasteiger partial charge in [-0.25, -0.2) is 9.97 Å². The summed E-state index contributed by atoms with van der Waals surface area (Å²) in [4.78, 5) is 12.7. The Morgan fingerprint density at radius 1 is 1.24 bits per heavy atom. The molecule has 0 aromatic carbocycles. The standard InChI is InChI=1S/C25H30F3N5O5/c1-13-19(16-9-15-10-18(25(26,27)28)30-11-17(15)36-16)21(32-22(31-13)29-7-8-35-4)33-24-6-5-14(12-34)20(24)37-23(2,3)38-24/h9-11,14,20,34H,5-8,12H2,1-4H3,(H2,29,31,32,33). The van der Waals surface area contributed by atoms with Crippen molar-refractivity contribution >= 4 is 22.7 Å². The Labute approximate surface area is 216 Å². The molecule has 3 N–H and O–H groups in total. The van der Waals surface area contributed by atoms with Crippen LogP contribution in [0.25, 0.3) is 22.3 Å². The van der Waals surface area contributed by atoms with Gasteiger partial charge in [0.05, 0.1) is 24.1 Å². The van der Waals surface area contributed by atoms with E-state index < -0.39 is 29.5 Å². The fourth-order valence-corrected chi connectivity index (χ4v) is 5.22. The van der Waals surface area contributed by atoms with Gasteiger partial charge >= 0.3 is 6.18 Å². The smallest absolute Gasteiger partial charge is 0.433 e. The molecule has 206 valence electrons. The van der Waals surface area contributed by atoms with E-state index in [-0.39, 0.29) is 29.3 Å². The number of rotatable bonds is 8. The summed E-state index contributed by atoms with van der Waals surface area (Å²) in [6.45, 7) is 6.19. The third-order valence-electron chi connectivity index (χ3n) is 6.80. The number of ether oxygens (including phenoxy) is 3. The predicted octanol–water partition coefficient (Wildman–Crippen LogP) is 4.33. The van der Waals surface area contributed by atoms with Gasteiger partial charge in [0.25, 0.3) is 0 Å². The predicted molar refractivity (Wildman–Crippen MR) is 131 cm³/mol. The third-order valence-corrected chi connectivity index (χ3v) is 6.80. The minimum atomic E-state index is -4.58. The van der Waals surface area contributed by atoms with Gasteiger partial charge in [0.1, 0.15) is 23.4 Å². The van der Waals surface area contributed by atoms with Crippen LogP contribution in [0.5, 0.6) is 0 Å². The summed E-state index contributed by atoms with van der Waals surface area (Å²) < 4.78 is 63.3. The fraction of sp³-hybridized carbons (Fsp3) is 0.560. The van der Waals surface area contributed by atoms with E-state index in [1.54, 1.807) is 27.9 Å². The van der Waals surface area contributed by atoms with Gasteiger partial charge in [-0.1, -0.05) is 0 Å². The molecular formula is C25H30F3N5O5. The number of hydrogen-bond acceptors (Lipinski definition) is 10. The first-order valence-corrected chi connectivity index (χ1v) is 12.3. The summed E-state index contributed by atoms with van der Waals surface area (Å²) in [6, 6.07) is 2.46. The Balaban J connectivity index is 1.60. The van der Waals surface area contributed by atoms with Crippen LogP contribution in [0.1, 0.15) is 38.1 Å². The lowest BCUT2D eigenvalue weighted by Gasteiger charge is -2.31. The zero-order valence-electron chi connectivity index (χ0n) is 21.5. The molecule has 0 amide bonds. The molecule has 1 aliphatic heterocycles. The summed E-state index contributed by atoms with van der Waals surface area (Å²) in [5.41, 5.74) is -0.829. The molecule has 0 radical (unpaired) electrons. The summed E-state index contributed by atoms with van der Waals surface area (Å²) >= 11 is 0. The molecule has 3 atom stereocenters. The number of hydrogen-bond donors (Lipinski definition) is 3. The number of nitrogens with one attached hydrogen (secondary N) is 2. The van der Waals surface area contributed by atoms with Crippen molar-refractivity contribution in [1.82, 2.24) is 15.0 Å². The molecule has 4 heterocycles. The van der Waals surface area contributed by atoms with Gasteiger partial charge in [-0.3, -0.25) is 0 Å².